The van der Waals surface area contributed by atoms with Gasteiger partial charge in [0.15, 0.2) is 0 Å². The van der Waals surface area contributed by atoms with Crippen molar-refractivity contribution in [2.45, 2.75) is 39.5 Å². The van der Waals surface area contributed by atoms with E-state index < -0.39 is 0 Å². The highest BCUT2D eigenvalue weighted by molar-refractivity contribution is 5.94. The third kappa shape index (κ3) is 4.97. The van der Waals surface area contributed by atoms with E-state index in [9.17, 15) is 9.59 Å². The first-order chi connectivity index (χ1) is 9.62. The molecule has 0 spiro atoms. The number of carbonyl (C=O) groups is 1. The molecule has 0 aromatic carbocycles. The summed E-state index contributed by atoms with van der Waals surface area (Å²) in [6, 6.07) is 0. The maximum atomic E-state index is 12.1. The number of aromatic nitrogens is 2. The Hall–Kier alpha value is -1.69. The van der Waals surface area contributed by atoms with E-state index in [4.69, 9.17) is 0 Å². The predicted molar refractivity (Wildman–Crippen MR) is 83.8 cm³/mol. The molecule has 1 heterocycles. The van der Waals surface area contributed by atoms with Gasteiger partial charge in [-0.25, -0.2) is 4.98 Å². The minimum Gasteiger partial charge on any atom is -0.352 e. The first-order valence-corrected chi connectivity index (χ1v) is 7.17. The zero-order chi connectivity index (χ0) is 16.2. The summed E-state index contributed by atoms with van der Waals surface area (Å²) in [6.45, 7) is 9.01. The van der Waals surface area contributed by atoms with Gasteiger partial charge in [-0.05, 0) is 34.0 Å². The minimum absolute atomic E-state index is 0.104. The monoisotopic (exact) mass is 294 g/mol. The van der Waals surface area contributed by atoms with Crippen LogP contribution in [0, 0.1) is 6.92 Å². The smallest absolute Gasteiger partial charge is 0.264 e. The zero-order valence-corrected chi connectivity index (χ0v) is 13.8. The Kier molecular flexibility index (Phi) is 5.66. The van der Waals surface area contributed by atoms with Gasteiger partial charge in [0, 0.05) is 12.0 Å². The normalized spacial score (nSPS) is 11.8. The van der Waals surface area contributed by atoms with Gasteiger partial charge < -0.3 is 15.2 Å². The quantitative estimate of drug-likeness (QED) is 0.796. The summed E-state index contributed by atoms with van der Waals surface area (Å²) < 4.78 is 0. The number of nitrogens with zero attached hydrogens (tertiary/aromatic N) is 2. The number of aryl methyl sites for hydroxylation is 1. The summed E-state index contributed by atoms with van der Waals surface area (Å²) in [5.74, 6) is 0.231. The summed E-state index contributed by atoms with van der Waals surface area (Å²) >= 11 is 0. The average molecular weight is 294 g/mol. The first-order valence-electron chi connectivity index (χ1n) is 7.17. The van der Waals surface area contributed by atoms with Gasteiger partial charge in [-0.15, -0.1) is 0 Å². The van der Waals surface area contributed by atoms with E-state index in [0.717, 1.165) is 13.0 Å². The van der Waals surface area contributed by atoms with Gasteiger partial charge in [-0.2, -0.15) is 0 Å². The van der Waals surface area contributed by atoms with Crippen LogP contribution in [0.3, 0.4) is 0 Å². The van der Waals surface area contributed by atoms with E-state index in [2.05, 4.69) is 15.3 Å². The number of rotatable bonds is 5. The molecule has 0 radical (unpaired) electrons. The second-order valence-electron chi connectivity index (χ2n) is 6.54. The molecule has 1 amide bonds. The van der Waals surface area contributed by atoms with Crippen molar-refractivity contribution < 1.29 is 4.79 Å². The summed E-state index contributed by atoms with van der Waals surface area (Å²) in [5.41, 5.74) is -0.0656. The van der Waals surface area contributed by atoms with Gasteiger partial charge in [0.05, 0.1) is 5.69 Å². The van der Waals surface area contributed by atoms with Crippen LogP contribution in [0.1, 0.15) is 49.1 Å². The van der Waals surface area contributed by atoms with E-state index >= 15 is 0 Å². The lowest BCUT2D eigenvalue weighted by molar-refractivity contribution is 0.0949. The fourth-order valence-electron chi connectivity index (χ4n) is 1.89. The van der Waals surface area contributed by atoms with Crippen LogP contribution in [0.5, 0.6) is 0 Å². The number of H-pyrrole nitrogens is 1. The van der Waals surface area contributed by atoms with Crippen molar-refractivity contribution in [3.8, 4) is 0 Å². The maximum absolute atomic E-state index is 12.1. The largest absolute Gasteiger partial charge is 0.352 e. The third-order valence-corrected chi connectivity index (χ3v) is 3.11. The van der Waals surface area contributed by atoms with Crippen molar-refractivity contribution in [2.75, 3.05) is 27.2 Å². The van der Waals surface area contributed by atoms with Crippen LogP contribution in [-0.4, -0.2) is 48.0 Å². The van der Waals surface area contributed by atoms with Crippen molar-refractivity contribution >= 4 is 5.91 Å². The van der Waals surface area contributed by atoms with Crippen LogP contribution in [0.15, 0.2) is 4.79 Å². The van der Waals surface area contributed by atoms with E-state index in [-0.39, 0.29) is 22.4 Å². The molecule has 6 nitrogen and oxygen atoms in total. The standard InChI is InChI=1S/C15H26N4O2/c1-10-11(12(20)16-8-7-9-19(5)6)13(21)18-14(17-10)15(2,3)4/h7-9H2,1-6H3,(H,16,20)(H,17,18,21). The van der Waals surface area contributed by atoms with Crippen molar-refractivity contribution in [1.29, 1.82) is 0 Å². The molecule has 1 rings (SSSR count). The van der Waals surface area contributed by atoms with Gasteiger partial charge >= 0.3 is 0 Å². The Labute approximate surface area is 126 Å². The average Bonchev–Trinajstić information content (AvgIpc) is 2.32. The molecule has 0 unspecified atom stereocenters. The highest BCUT2D eigenvalue weighted by Crippen LogP contribution is 2.17. The molecule has 1 aromatic heterocycles. The van der Waals surface area contributed by atoms with Crippen LogP contribution < -0.4 is 10.9 Å². The number of carbonyl (C=O) groups excluding carboxylic acids is 1. The van der Waals surface area contributed by atoms with Crippen molar-refractivity contribution in [3.63, 3.8) is 0 Å². The Balaban J connectivity index is 2.84. The Bertz CT molecular complexity index is 556. The molecule has 1 aromatic rings. The number of aromatic amines is 1. The van der Waals surface area contributed by atoms with Crippen molar-refractivity contribution in [2.24, 2.45) is 0 Å². The topological polar surface area (TPSA) is 78.1 Å². The lowest BCUT2D eigenvalue weighted by Gasteiger charge is -2.18. The molecule has 0 aliphatic heterocycles. The van der Waals surface area contributed by atoms with Gasteiger partial charge in [0.1, 0.15) is 11.4 Å². The maximum Gasteiger partial charge on any atom is 0.264 e. The number of amides is 1. The molecule has 118 valence electrons. The van der Waals surface area contributed by atoms with Crippen molar-refractivity contribution in [3.05, 3.63) is 27.4 Å². The first kappa shape index (κ1) is 17.4. The van der Waals surface area contributed by atoms with Gasteiger partial charge in [-0.3, -0.25) is 9.59 Å². The summed E-state index contributed by atoms with van der Waals surface area (Å²) in [4.78, 5) is 33.3. The SMILES string of the molecule is Cc1nc(C(C)(C)C)[nH]c(=O)c1C(=O)NCCCN(C)C. The van der Waals surface area contributed by atoms with E-state index in [0.29, 0.717) is 18.1 Å². The van der Waals surface area contributed by atoms with Gasteiger partial charge in [-0.1, -0.05) is 20.8 Å². The molecule has 0 saturated heterocycles. The summed E-state index contributed by atoms with van der Waals surface area (Å²) in [5, 5.41) is 2.77. The molecule has 0 atom stereocenters. The Morgan fingerprint density at radius 1 is 1.33 bits per heavy atom. The predicted octanol–water partition coefficient (Wildman–Crippen LogP) is 1.06. The van der Waals surface area contributed by atoms with Gasteiger partial charge in [0.25, 0.3) is 11.5 Å². The zero-order valence-electron chi connectivity index (χ0n) is 13.8. The van der Waals surface area contributed by atoms with Crippen LogP contribution in [-0.2, 0) is 5.41 Å². The summed E-state index contributed by atoms with van der Waals surface area (Å²) in [6.07, 6.45) is 0.837. The fraction of sp³-hybridized carbons (Fsp3) is 0.667. The van der Waals surface area contributed by atoms with E-state index in [1.165, 1.54) is 0 Å². The fourth-order valence-corrected chi connectivity index (χ4v) is 1.89. The summed E-state index contributed by atoms with van der Waals surface area (Å²) in [7, 11) is 3.96. The van der Waals surface area contributed by atoms with E-state index in [1.54, 1.807) is 6.92 Å². The molecule has 0 bridgehead atoms. The molecule has 0 aliphatic rings. The van der Waals surface area contributed by atoms with Crippen molar-refractivity contribution in [1.82, 2.24) is 20.2 Å². The highest BCUT2D eigenvalue weighted by atomic mass is 16.2. The lowest BCUT2D eigenvalue weighted by Crippen LogP contribution is -2.34. The highest BCUT2D eigenvalue weighted by Gasteiger charge is 2.21. The Morgan fingerprint density at radius 3 is 2.43 bits per heavy atom. The lowest BCUT2D eigenvalue weighted by atomic mass is 9.95. The second-order valence-corrected chi connectivity index (χ2v) is 6.54. The second kappa shape index (κ2) is 6.85. The molecule has 21 heavy (non-hydrogen) atoms. The number of hydrogen-bond donors (Lipinski definition) is 2. The molecular weight excluding hydrogens is 268 g/mol. The number of nitrogens with one attached hydrogen (secondary N) is 2. The van der Waals surface area contributed by atoms with Crippen LogP contribution >= 0.6 is 0 Å². The van der Waals surface area contributed by atoms with Crippen LogP contribution in [0.4, 0.5) is 0 Å². The molecule has 0 aliphatic carbocycles. The Morgan fingerprint density at radius 2 is 1.95 bits per heavy atom. The van der Waals surface area contributed by atoms with Gasteiger partial charge in [0.2, 0.25) is 0 Å². The molecular formula is C15H26N4O2. The van der Waals surface area contributed by atoms with Crippen LogP contribution in [0.2, 0.25) is 0 Å². The number of hydrogen-bond acceptors (Lipinski definition) is 4. The molecule has 0 fully saturated rings. The van der Waals surface area contributed by atoms with Crippen LogP contribution in [0.25, 0.3) is 0 Å². The molecule has 2 N–H and O–H groups in total. The minimum atomic E-state index is -0.377. The third-order valence-electron chi connectivity index (χ3n) is 3.11. The molecule has 0 saturated carbocycles. The van der Waals surface area contributed by atoms with E-state index in [1.807, 2.05) is 39.8 Å². The molecule has 6 heteroatoms.